The predicted octanol–water partition coefficient (Wildman–Crippen LogP) is 2.90. The van der Waals surface area contributed by atoms with Gasteiger partial charge in [-0.25, -0.2) is 8.42 Å². The molecule has 4 heteroatoms. The van der Waals surface area contributed by atoms with Gasteiger partial charge < -0.3 is 0 Å². The van der Waals surface area contributed by atoms with Crippen molar-refractivity contribution in [3.05, 3.63) is 47.5 Å². The molecule has 3 nitrogen and oxygen atoms in total. The van der Waals surface area contributed by atoms with Crippen LogP contribution in [-0.4, -0.2) is 25.0 Å². The fraction of sp³-hybridized carbons (Fsp3) is 0.500. The van der Waals surface area contributed by atoms with Crippen molar-refractivity contribution in [2.24, 2.45) is 5.41 Å². The molecule has 1 aromatic rings. The van der Waals surface area contributed by atoms with Crippen molar-refractivity contribution in [1.29, 1.82) is 0 Å². The third-order valence-corrected chi connectivity index (χ3v) is 5.69. The molecule has 0 radical (unpaired) electrons. The van der Waals surface area contributed by atoms with Crippen molar-refractivity contribution in [1.82, 2.24) is 4.31 Å². The first kappa shape index (κ1) is 13.8. The van der Waals surface area contributed by atoms with Crippen molar-refractivity contribution in [2.75, 3.05) is 6.26 Å². The molecule has 2 aliphatic rings. The molecule has 1 aliphatic carbocycles. The summed E-state index contributed by atoms with van der Waals surface area (Å²) in [5.74, 6) is 0.183. The van der Waals surface area contributed by atoms with Gasteiger partial charge in [0.2, 0.25) is 10.0 Å². The Kier molecular flexibility index (Phi) is 3.07. The Balaban J connectivity index is 2.14. The highest BCUT2D eigenvalue weighted by Crippen LogP contribution is 2.44. The molecule has 0 unspecified atom stereocenters. The van der Waals surface area contributed by atoms with Crippen LogP contribution in [0.1, 0.15) is 37.3 Å². The van der Waals surface area contributed by atoms with Crippen LogP contribution in [0.2, 0.25) is 0 Å². The molecule has 0 amide bonds. The molecular weight excluding hydrogens is 270 g/mol. The zero-order valence-corrected chi connectivity index (χ0v) is 13.0. The summed E-state index contributed by atoms with van der Waals surface area (Å²) in [4.78, 5) is 0. The van der Waals surface area contributed by atoms with E-state index in [4.69, 9.17) is 0 Å². The van der Waals surface area contributed by atoms with Gasteiger partial charge in [0.15, 0.2) is 0 Å². The molecule has 0 bridgehead atoms. The number of fused-ring (bicyclic) bond motifs is 3. The van der Waals surface area contributed by atoms with E-state index in [9.17, 15) is 8.42 Å². The molecule has 1 aromatic carbocycles. The standard InChI is InChI=1S/C16H21NO2S/c1-16(2)9-8-14-13-7-5-4-6-12(13)11-17(15(14)10-16)20(3,18)19/h4-9,14-15H,10-11H2,1-3H3/t14-,15-/m0/s1. The van der Waals surface area contributed by atoms with E-state index in [-0.39, 0.29) is 17.4 Å². The molecule has 2 atom stereocenters. The molecule has 3 rings (SSSR count). The maximum atomic E-state index is 12.2. The lowest BCUT2D eigenvalue weighted by molar-refractivity contribution is 0.201. The molecule has 0 aromatic heterocycles. The number of hydrogen-bond donors (Lipinski definition) is 0. The van der Waals surface area contributed by atoms with Crippen LogP contribution >= 0.6 is 0 Å². The largest absolute Gasteiger partial charge is 0.212 e. The highest BCUT2D eigenvalue weighted by molar-refractivity contribution is 7.88. The van der Waals surface area contributed by atoms with Crippen molar-refractivity contribution >= 4 is 10.0 Å². The van der Waals surface area contributed by atoms with E-state index in [2.05, 4.69) is 32.1 Å². The second-order valence-electron chi connectivity index (χ2n) is 6.65. The van der Waals surface area contributed by atoms with E-state index in [0.29, 0.717) is 6.54 Å². The second kappa shape index (κ2) is 4.43. The summed E-state index contributed by atoms with van der Waals surface area (Å²) < 4.78 is 26.0. The molecule has 1 heterocycles. The highest BCUT2D eigenvalue weighted by atomic mass is 32.2. The third kappa shape index (κ3) is 2.31. The zero-order valence-electron chi connectivity index (χ0n) is 12.2. The minimum atomic E-state index is -3.19. The lowest BCUT2D eigenvalue weighted by atomic mass is 9.71. The summed E-state index contributed by atoms with van der Waals surface area (Å²) in [5, 5.41) is 0. The van der Waals surface area contributed by atoms with Crippen LogP contribution in [0, 0.1) is 5.41 Å². The first-order valence-corrected chi connectivity index (χ1v) is 8.87. The number of rotatable bonds is 1. The van der Waals surface area contributed by atoms with Gasteiger partial charge in [-0.2, -0.15) is 4.31 Å². The van der Waals surface area contributed by atoms with Gasteiger partial charge in [-0.1, -0.05) is 50.3 Å². The lowest BCUT2D eigenvalue weighted by Gasteiger charge is -2.45. The van der Waals surface area contributed by atoms with E-state index >= 15 is 0 Å². The minimum Gasteiger partial charge on any atom is -0.212 e. The first-order chi connectivity index (χ1) is 9.28. The lowest BCUT2D eigenvalue weighted by Crippen LogP contribution is -2.48. The van der Waals surface area contributed by atoms with Crippen LogP contribution in [0.25, 0.3) is 0 Å². The SMILES string of the molecule is CC1(C)C=C[C@H]2c3ccccc3CN(S(C)(=O)=O)[C@H]2C1. The van der Waals surface area contributed by atoms with E-state index in [0.717, 1.165) is 12.0 Å². The average Bonchev–Trinajstić information content (AvgIpc) is 2.35. The topological polar surface area (TPSA) is 37.4 Å². The van der Waals surface area contributed by atoms with Crippen LogP contribution in [0.4, 0.5) is 0 Å². The quantitative estimate of drug-likeness (QED) is 0.746. The molecular formula is C16H21NO2S. The van der Waals surface area contributed by atoms with E-state index in [1.807, 2.05) is 18.2 Å². The normalized spacial score (nSPS) is 28.8. The smallest absolute Gasteiger partial charge is 0.211 e. The predicted molar refractivity (Wildman–Crippen MR) is 80.9 cm³/mol. The molecule has 0 saturated heterocycles. The molecule has 1 aliphatic heterocycles. The maximum absolute atomic E-state index is 12.2. The van der Waals surface area contributed by atoms with Gasteiger partial charge in [0.1, 0.15) is 0 Å². The monoisotopic (exact) mass is 291 g/mol. The van der Waals surface area contributed by atoms with Gasteiger partial charge >= 0.3 is 0 Å². The number of allylic oxidation sites excluding steroid dienone is 1. The molecule has 20 heavy (non-hydrogen) atoms. The summed E-state index contributed by atoms with van der Waals surface area (Å²) in [7, 11) is -3.19. The van der Waals surface area contributed by atoms with Crippen LogP contribution < -0.4 is 0 Å². The Morgan fingerprint density at radius 2 is 1.95 bits per heavy atom. The number of benzene rings is 1. The molecule has 0 N–H and O–H groups in total. The fourth-order valence-corrected chi connectivity index (χ4v) is 4.54. The van der Waals surface area contributed by atoms with E-state index in [1.165, 1.54) is 11.8 Å². The number of nitrogens with zero attached hydrogens (tertiary/aromatic N) is 1. The summed E-state index contributed by atoms with van der Waals surface area (Å²) >= 11 is 0. The molecule has 0 spiro atoms. The maximum Gasteiger partial charge on any atom is 0.211 e. The second-order valence-corrected chi connectivity index (χ2v) is 8.59. The molecule has 0 fully saturated rings. The Morgan fingerprint density at radius 3 is 2.65 bits per heavy atom. The number of hydrogen-bond acceptors (Lipinski definition) is 2. The van der Waals surface area contributed by atoms with Gasteiger partial charge in [-0.05, 0) is 23.0 Å². The summed E-state index contributed by atoms with van der Waals surface area (Å²) in [6.45, 7) is 4.83. The zero-order chi connectivity index (χ0) is 14.5. The summed E-state index contributed by atoms with van der Waals surface area (Å²) in [6.07, 6.45) is 6.62. The third-order valence-electron chi connectivity index (χ3n) is 4.44. The Hall–Kier alpha value is -1.13. The first-order valence-electron chi connectivity index (χ1n) is 7.02. The van der Waals surface area contributed by atoms with Gasteiger partial charge in [-0.15, -0.1) is 0 Å². The minimum absolute atomic E-state index is 0.0416. The Labute approximate surface area is 121 Å². The van der Waals surface area contributed by atoms with Crippen molar-refractivity contribution in [3.63, 3.8) is 0 Å². The average molecular weight is 291 g/mol. The summed E-state index contributed by atoms with van der Waals surface area (Å²) in [5.41, 5.74) is 2.46. The van der Waals surface area contributed by atoms with Gasteiger partial charge in [-0.3, -0.25) is 0 Å². The van der Waals surface area contributed by atoms with Crippen molar-refractivity contribution in [2.45, 2.75) is 38.8 Å². The Bertz CT molecular complexity index is 661. The fourth-order valence-electron chi connectivity index (χ4n) is 3.47. The molecule has 0 saturated carbocycles. The molecule has 108 valence electrons. The van der Waals surface area contributed by atoms with Gasteiger partial charge in [0.05, 0.1) is 6.26 Å². The Morgan fingerprint density at radius 1 is 1.25 bits per heavy atom. The van der Waals surface area contributed by atoms with Crippen LogP contribution in [-0.2, 0) is 16.6 Å². The van der Waals surface area contributed by atoms with Crippen LogP contribution in [0.5, 0.6) is 0 Å². The van der Waals surface area contributed by atoms with Crippen LogP contribution in [0.3, 0.4) is 0 Å². The van der Waals surface area contributed by atoms with E-state index < -0.39 is 10.0 Å². The van der Waals surface area contributed by atoms with Crippen LogP contribution in [0.15, 0.2) is 36.4 Å². The van der Waals surface area contributed by atoms with Gasteiger partial charge in [0, 0.05) is 18.5 Å². The van der Waals surface area contributed by atoms with Gasteiger partial charge in [0.25, 0.3) is 0 Å². The van der Waals surface area contributed by atoms with Crippen molar-refractivity contribution in [3.8, 4) is 0 Å². The van der Waals surface area contributed by atoms with Crippen molar-refractivity contribution < 1.29 is 8.42 Å². The number of sulfonamides is 1. The summed E-state index contributed by atoms with van der Waals surface area (Å²) in [6, 6.07) is 8.24. The van der Waals surface area contributed by atoms with E-state index in [1.54, 1.807) is 4.31 Å². The highest BCUT2D eigenvalue weighted by Gasteiger charge is 2.42.